The molecule has 0 amide bonds. The van der Waals surface area contributed by atoms with E-state index in [1.807, 2.05) is 24.4 Å². The maximum Gasteiger partial charge on any atom is 0.0410 e. The predicted octanol–water partition coefficient (Wildman–Crippen LogP) is 2.09. The van der Waals surface area contributed by atoms with Crippen molar-refractivity contribution < 1.29 is 0 Å². The zero-order chi connectivity index (χ0) is 10.5. The maximum absolute atomic E-state index is 5.65. The SMILES string of the molecule is NCc1ccncc1Sc1ccncc1. The second-order valence-corrected chi connectivity index (χ2v) is 4.09. The summed E-state index contributed by atoms with van der Waals surface area (Å²) in [5, 5.41) is 0. The van der Waals surface area contributed by atoms with Gasteiger partial charge in [0.15, 0.2) is 0 Å². The highest BCUT2D eigenvalue weighted by Gasteiger charge is 2.02. The van der Waals surface area contributed by atoms with Crippen molar-refractivity contribution in [3.8, 4) is 0 Å². The van der Waals surface area contributed by atoms with Crippen molar-refractivity contribution in [1.82, 2.24) is 9.97 Å². The number of aromatic nitrogens is 2. The minimum Gasteiger partial charge on any atom is -0.326 e. The van der Waals surface area contributed by atoms with Crippen LogP contribution < -0.4 is 5.73 Å². The van der Waals surface area contributed by atoms with Crippen molar-refractivity contribution in [2.24, 2.45) is 5.73 Å². The van der Waals surface area contributed by atoms with Gasteiger partial charge in [0.2, 0.25) is 0 Å². The molecule has 2 aromatic heterocycles. The molecular weight excluding hydrogens is 206 g/mol. The van der Waals surface area contributed by atoms with Crippen LogP contribution in [-0.4, -0.2) is 9.97 Å². The number of nitrogens with zero attached hydrogens (tertiary/aromatic N) is 2. The van der Waals surface area contributed by atoms with E-state index < -0.39 is 0 Å². The first-order valence-corrected chi connectivity index (χ1v) is 5.42. The van der Waals surface area contributed by atoms with E-state index in [-0.39, 0.29) is 0 Å². The quantitative estimate of drug-likeness (QED) is 0.855. The summed E-state index contributed by atoms with van der Waals surface area (Å²) in [5.41, 5.74) is 6.77. The first-order chi connectivity index (χ1) is 7.40. The van der Waals surface area contributed by atoms with Gasteiger partial charge >= 0.3 is 0 Å². The molecular formula is C11H11N3S. The minimum absolute atomic E-state index is 0.538. The van der Waals surface area contributed by atoms with Crippen LogP contribution in [0.2, 0.25) is 0 Å². The molecule has 0 saturated carbocycles. The van der Waals surface area contributed by atoms with Crippen LogP contribution in [0.5, 0.6) is 0 Å². The van der Waals surface area contributed by atoms with Crippen LogP contribution in [0.4, 0.5) is 0 Å². The molecule has 0 aliphatic heterocycles. The van der Waals surface area contributed by atoms with Crippen molar-refractivity contribution in [2.45, 2.75) is 16.3 Å². The number of hydrogen-bond donors (Lipinski definition) is 1. The monoisotopic (exact) mass is 217 g/mol. The highest BCUT2D eigenvalue weighted by molar-refractivity contribution is 7.99. The van der Waals surface area contributed by atoms with Crippen LogP contribution in [0.25, 0.3) is 0 Å². The van der Waals surface area contributed by atoms with Crippen LogP contribution in [0.1, 0.15) is 5.56 Å². The largest absolute Gasteiger partial charge is 0.326 e. The van der Waals surface area contributed by atoms with Crippen LogP contribution in [0, 0.1) is 0 Å². The molecule has 0 aliphatic rings. The summed E-state index contributed by atoms with van der Waals surface area (Å²) in [7, 11) is 0. The van der Waals surface area contributed by atoms with Crippen molar-refractivity contribution in [3.63, 3.8) is 0 Å². The molecule has 0 spiro atoms. The van der Waals surface area contributed by atoms with Gasteiger partial charge in [-0.3, -0.25) is 9.97 Å². The molecule has 15 heavy (non-hydrogen) atoms. The van der Waals surface area contributed by atoms with Gasteiger partial charge < -0.3 is 5.73 Å². The Labute approximate surface area is 92.8 Å². The van der Waals surface area contributed by atoms with Gasteiger partial charge in [-0.2, -0.15) is 0 Å². The fourth-order valence-corrected chi connectivity index (χ4v) is 2.11. The Hall–Kier alpha value is -1.39. The zero-order valence-electron chi connectivity index (χ0n) is 8.13. The Balaban J connectivity index is 2.24. The van der Waals surface area contributed by atoms with Crippen molar-refractivity contribution in [1.29, 1.82) is 0 Å². The third kappa shape index (κ3) is 2.55. The van der Waals surface area contributed by atoms with Crippen LogP contribution in [-0.2, 0) is 6.54 Å². The summed E-state index contributed by atoms with van der Waals surface area (Å²) in [5.74, 6) is 0. The lowest BCUT2D eigenvalue weighted by atomic mass is 10.3. The Morgan fingerprint density at radius 3 is 2.53 bits per heavy atom. The Morgan fingerprint density at radius 1 is 1.07 bits per heavy atom. The number of pyridine rings is 2. The van der Waals surface area contributed by atoms with Gasteiger partial charge in [-0.25, -0.2) is 0 Å². The van der Waals surface area contributed by atoms with Crippen molar-refractivity contribution in [3.05, 3.63) is 48.5 Å². The van der Waals surface area contributed by atoms with E-state index in [4.69, 9.17) is 5.73 Å². The Bertz CT molecular complexity index is 431. The summed E-state index contributed by atoms with van der Waals surface area (Å²) in [6.45, 7) is 0.538. The van der Waals surface area contributed by atoms with E-state index in [0.29, 0.717) is 6.54 Å². The van der Waals surface area contributed by atoms with Gasteiger partial charge in [0.25, 0.3) is 0 Å². The van der Waals surface area contributed by atoms with Gasteiger partial charge in [0, 0.05) is 41.1 Å². The highest BCUT2D eigenvalue weighted by atomic mass is 32.2. The molecule has 76 valence electrons. The van der Waals surface area contributed by atoms with Crippen LogP contribution >= 0.6 is 11.8 Å². The molecule has 2 rings (SSSR count). The molecule has 0 radical (unpaired) electrons. The summed E-state index contributed by atoms with van der Waals surface area (Å²) in [6, 6.07) is 5.89. The molecule has 0 aliphatic carbocycles. The number of hydrogen-bond acceptors (Lipinski definition) is 4. The highest BCUT2D eigenvalue weighted by Crippen LogP contribution is 2.28. The molecule has 0 bridgehead atoms. The molecule has 0 aromatic carbocycles. The molecule has 4 heteroatoms. The molecule has 3 nitrogen and oxygen atoms in total. The average molecular weight is 217 g/mol. The van der Waals surface area contributed by atoms with Crippen LogP contribution in [0.3, 0.4) is 0 Å². The lowest BCUT2D eigenvalue weighted by molar-refractivity contribution is 1.00. The third-order valence-electron chi connectivity index (χ3n) is 1.97. The molecule has 2 N–H and O–H groups in total. The van der Waals surface area contributed by atoms with E-state index in [9.17, 15) is 0 Å². The standard InChI is InChI=1S/C11H11N3S/c12-7-9-1-4-14-8-11(9)15-10-2-5-13-6-3-10/h1-6,8H,7,12H2. The second kappa shape index (κ2) is 4.91. The average Bonchev–Trinajstić information content (AvgIpc) is 2.31. The van der Waals surface area contributed by atoms with E-state index >= 15 is 0 Å². The molecule has 2 heterocycles. The molecule has 0 fully saturated rings. The topological polar surface area (TPSA) is 51.8 Å². The van der Waals surface area contributed by atoms with Gasteiger partial charge in [-0.15, -0.1) is 0 Å². The summed E-state index contributed by atoms with van der Waals surface area (Å²) in [4.78, 5) is 10.3. The van der Waals surface area contributed by atoms with E-state index in [1.165, 1.54) is 0 Å². The van der Waals surface area contributed by atoms with E-state index in [0.717, 1.165) is 15.4 Å². The summed E-state index contributed by atoms with van der Waals surface area (Å²) >= 11 is 1.66. The Morgan fingerprint density at radius 2 is 1.80 bits per heavy atom. The van der Waals surface area contributed by atoms with Gasteiger partial charge in [0.05, 0.1) is 0 Å². The van der Waals surface area contributed by atoms with E-state index in [2.05, 4.69) is 9.97 Å². The second-order valence-electron chi connectivity index (χ2n) is 2.97. The molecule has 0 unspecified atom stereocenters. The molecule has 0 atom stereocenters. The van der Waals surface area contributed by atoms with Crippen LogP contribution in [0.15, 0.2) is 52.8 Å². The smallest absolute Gasteiger partial charge is 0.0410 e. The normalized spacial score (nSPS) is 10.2. The lowest BCUT2D eigenvalue weighted by Gasteiger charge is -2.05. The van der Waals surface area contributed by atoms with Gasteiger partial charge in [-0.1, -0.05) is 11.8 Å². The summed E-state index contributed by atoms with van der Waals surface area (Å²) < 4.78 is 0. The third-order valence-corrected chi connectivity index (χ3v) is 3.06. The maximum atomic E-state index is 5.65. The van der Waals surface area contributed by atoms with E-state index in [1.54, 1.807) is 30.4 Å². The van der Waals surface area contributed by atoms with Crippen molar-refractivity contribution >= 4 is 11.8 Å². The molecule has 2 aromatic rings. The van der Waals surface area contributed by atoms with Gasteiger partial charge in [0.1, 0.15) is 0 Å². The Kier molecular flexibility index (Phi) is 3.32. The fourth-order valence-electron chi connectivity index (χ4n) is 1.20. The minimum atomic E-state index is 0.538. The summed E-state index contributed by atoms with van der Waals surface area (Å²) in [6.07, 6.45) is 7.16. The predicted molar refractivity (Wildman–Crippen MR) is 60.5 cm³/mol. The fraction of sp³-hybridized carbons (Fsp3) is 0.0909. The number of nitrogens with two attached hydrogens (primary N) is 1. The zero-order valence-corrected chi connectivity index (χ0v) is 8.95. The first-order valence-electron chi connectivity index (χ1n) is 4.61. The molecule has 0 saturated heterocycles. The van der Waals surface area contributed by atoms with Crippen molar-refractivity contribution in [2.75, 3.05) is 0 Å². The first kappa shape index (κ1) is 10.1. The number of rotatable bonds is 3. The lowest BCUT2D eigenvalue weighted by Crippen LogP contribution is -1.98. The van der Waals surface area contributed by atoms with Gasteiger partial charge in [-0.05, 0) is 23.8 Å².